The predicted octanol–water partition coefficient (Wildman–Crippen LogP) is 0.0627. The fourth-order valence-corrected chi connectivity index (χ4v) is 7.60. The summed E-state index contributed by atoms with van der Waals surface area (Å²) in [6.07, 6.45) is -3.63. The Labute approximate surface area is 469 Å². The minimum Gasteiger partial charge on any atom is -0.459 e. The molecule has 2 rings (SSSR count). The van der Waals surface area contributed by atoms with Gasteiger partial charge in [-0.05, 0) is 75.8 Å². The molecule has 0 aliphatic carbocycles. The highest BCUT2D eigenvalue weighted by molar-refractivity contribution is 5.97. The third-order valence-electron chi connectivity index (χ3n) is 12.1. The van der Waals surface area contributed by atoms with E-state index in [0.717, 1.165) is 0 Å². The summed E-state index contributed by atoms with van der Waals surface area (Å²) in [7, 11) is 0. The van der Waals surface area contributed by atoms with Crippen LogP contribution in [0.1, 0.15) is 113 Å². The first-order valence-corrected chi connectivity index (χ1v) is 26.4. The van der Waals surface area contributed by atoms with Crippen LogP contribution in [0.15, 0.2) is 65.7 Å². The van der Waals surface area contributed by atoms with Gasteiger partial charge in [-0.15, -0.1) is 0 Å². The van der Waals surface area contributed by atoms with Gasteiger partial charge < -0.3 is 78.8 Å². The third kappa shape index (κ3) is 26.1. The molecule has 80 heavy (non-hydrogen) atoms. The van der Waals surface area contributed by atoms with Crippen molar-refractivity contribution >= 4 is 59.4 Å². The van der Waals surface area contributed by atoms with Crippen molar-refractivity contribution in [1.29, 1.82) is 0 Å². The number of esters is 1. The van der Waals surface area contributed by atoms with E-state index in [9.17, 15) is 58.5 Å². The molecule has 2 aromatic carbocycles. The molecule has 0 unspecified atom stereocenters. The van der Waals surface area contributed by atoms with Crippen molar-refractivity contribution < 1.29 is 67.9 Å². The Kier molecular flexibility index (Phi) is 31.1. The van der Waals surface area contributed by atoms with E-state index in [1.807, 2.05) is 0 Å². The van der Waals surface area contributed by atoms with Crippen molar-refractivity contribution in [3.05, 3.63) is 71.8 Å². The summed E-state index contributed by atoms with van der Waals surface area (Å²) in [5, 5.41) is 51.8. The van der Waals surface area contributed by atoms with Gasteiger partial charge in [-0.3, -0.25) is 38.6 Å². The van der Waals surface area contributed by atoms with Crippen LogP contribution < -0.4 is 54.0 Å². The van der Waals surface area contributed by atoms with E-state index < -0.39 is 139 Å². The molecule has 0 fully saturated rings. The number of nitrogens with two attached hydrogens (primary N) is 2. The average Bonchev–Trinajstić information content (AvgIpc) is 3.38. The number of ether oxygens (including phenoxy) is 2. The highest BCUT2D eigenvalue weighted by Crippen LogP contribution is 2.15. The molecule has 448 valence electrons. The van der Waals surface area contributed by atoms with Crippen LogP contribution >= 0.6 is 0 Å². The number of benzene rings is 2. The number of nitrogens with zero attached hydrogens (tertiary/aromatic N) is 1. The maximum atomic E-state index is 14.3. The number of amides is 8. The van der Waals surface area contributed by atoms with Gasteiger partial charge in [0.05, 0.1) is 25.4 Å². The summed E-state index contributed by atoms with van der Waals surface area (Å²) in [6.45, 7) is 14.6. The monoisotopic (exact) mass is 1130 g/mol. The highest BCUT2D eigenvalue weighted by Gasteiger charge is 2.38. The maximum absolute atomic E-state index is 14.3. The number of carbonyl (C=O) groups is 9. The molecule has 8 amide bonds. The Hall–Kier alpha value is -7.38. The molecule has 25 heteroatoms. The van der Waals surface area contributed by atoms with E-state index in [1.165, 1.54) is 6.92 Å². The fourth-order valence-electron chi connectivity index (χ4n) is 7.60. The highest BCUT2D eigenvalue weighted by atomic mass is 16.6. The van der Waals surface area contributed by atoms with Gasteiger partial charge in [-0.2, -0.15) is 0 Å². The van der Waals surface area contributed by atoms with Crippen LogP contribution in [0, 0.1) is 17.8 Å². The van der Waals surface area contributed by atoms with Crippen molar-refractivity contribution in [2.75, 3.05) is 19.7 Å². The first kappa shape index (κ1) is 70.6. The first-order chi connectivity index (χ1) is 37.1. The smallest absolute Gasteiger partial charge is 0.408 e. The number of carbonyl (C=O) groups excluding carboxylic acids is 9. The molecule has 0 aliphatic rings. The number of rotatable bonds is 32. The lowest BCUT2D eigenvalue weighted by atomic mass is 9.96. The van der Waals surface area contributed by atoms with Crippen LogP contribution in [-0.2, 0) is 60.9 Å². The van der Waals surface area contributed by atoms with E-state index in [1.54, 1.807) is 123 Å². The molecule has 0 saturated carbocycles. The van der Waals surface area contributed by atoms with Crippen LogP contribution in [0.5, 0.6) is 0 Å². The van der Waals surface area contributed by atoms with E-state index in [4.69, 9.17) is 20.9 Å². The van der Waals surface area contributed by atoms with Gasteiger partial charge in [-0.1, -0.05) is 116 Å². The zero-order valence-corrected chi connectivity index (χ0v) is 47.0. The van der Waals surface area contributed by atoms with E-state index in [0.29, 0.717) is 17.5 Å². The van der Waals surface area contributed by atoms with Crippen LogP contribution in [-0.4, -0.2) is 154 Å². The van der Waals surface area contributed by atoms with Gasteiger partial charge in [0, 0.05) is 13.0 Å². The Balaban J connectivity index is 0.0000320. The predicted molar refractivity (Wildman–Crippen MR) is 299 cm³/mol. The molecule has 25 nitrogen and oxygen atoms in total. The topological polar surface area (TPSA) is 393 Å². The molecule has 0 spiro atoms. The number of alkyl carbamates (subject to hydrolysis) is 1. The molecule has 0 heterocycles. The second kappa shape index (κ2) is 35.3. The van der Waals surface area contributed by atoms with Gasteiger partial charge in [0.2, 0.25) is 41.4 Å². The number of nitrogens with one attached hydrogen (secondary N) is 8. The number of guanidine groups is 1. The lowest BCUT2D eigenvalue weighted by Crippen LogP contribution is -2.62. The second-order valence-corrected chi connectivity index (χ2v) is 21.0. The van der Waals surface area contributed by atoms with Crippen LogP contribution in [0.3, 0.4) is 0 Å². The Morgan fingerprint density at radius 2 is 1.16 bits per heavy atom. The van der Waals surface area contributed by atoms with Crippen LogP contribution in [0.25, 0.3) is 0 Å². The SMILES string of the molecule is C.CC[C@H](C)[C@H](NC(=O)[C@@H](CCCN=C(N)N)NC(=O)[C@H](CC(C)C)NC(=O)[C@@H](NC(=O)OC(C)(C)C)[C@H](O)C(C)C)C(=O)N[C@H](C(=O)NCC(=O)N[C@@H](Cc1ccccc1)C(=O)N[C@@H](CO)C(=O)OCc1ccccc1)[C@H](C)O. The van der Waals surface area contributed by atoms with Gasteiger partial charge in [0.1, 0.15) is 48.5 Å². The van der Waals surface area contributed by atoms with E-state index in [-0.39, 0.29) is 58.1 Å². The van der Waals surface area contributed by atoms with Gasteiger partial charge in [0.25, 0.3) is 0 Å². The number of aliphatic imine (C=N–C) groups is 1. The van der Waals surface area contributed by atoms with Crippen molar-refractivity contribution in [2.45, 2.75) is 175 Å². The summed E-state index contributed by atoms with van der Waals surface area (Å²) in [4.78, 5) is 127. The minimum absolute atomic E-state index is 0. The molecular weight excluding hydrogens is 1040 g/mol. The molecule has 10 atom stereocenters. The number of aliphatic hydroxyl groups excluding tert-OH is 3. The van der Waals surface area contributed by atoms with Crippen molar-refractivity contribution in [1.82, 2.24) is 42.5 Å². The van der Waals surface area contributed by atoms with Gasteiger partial charge in [0.15, 0.2) is 12.0 Å². The Morgan fingerprint density at radius 3 is 1.69 bits per heavy atom. The third-order valence-corrected chi connectivity index (χ3v) is 12.1. The fraction of sp³-hybridized carbons (Fsp3) is 0.600. The zero-order valence-electron chi connectivity index (χ0n) is 47.0. The van der Waals surface area contributed by atoms with Gasteiger partial charge >= 0.3 is 12.1 Å². The van der Waals surface area contributed by atoms with Gasteiger partial charge in [-0.25, -0.2) is 9.59 Å². The maximum Gasteiger partial charge on any atom is 0.408 e. The van der Waals surface area contributed by atoms with E-state index in [2.05, 4.69) is 47.5 Å². The molecule has 2 aromatic rings. The lowest BCUT2D eigenvalue weighted by Gasteiger charge is -2.31. The zero-order chi connectivity index (χ0) is 59.6. The van der Waals surface area contributed by atoms with Crippen molar-refractivity contribution in [3.8, 4) is 0 Å². The molecular formula is C55H89N11O14. The molecule has 15 N–H and O–H groups in total. The van der Waals surface area contributed by atoms with Crippen LogP contribution in [0.2, 0.25) is 0 Å². The summed E-state index contributed by atoms with van der Waals surface area (Å²) < 4.78 is 10.6. The Morgan fingerprint density at radius 1 is 0.637 bits per heavy atom. The molecule has 0 aliphatic heterocycles. The number of hydrogen-bond acceptors (Lipinski definition) is 15. The summed E-state index contributed by atoms with van der Waals surface area (Å²) >= 11 is 0. The molecule has 0 saturated heterocycles. The molecule has 0 radical (unpaired) electrons. The molecule has 0 aromatic heterocycles. The normalized spacial score (nSPS) is 14.9. The summed E-state index contributed by atoms with van der Waals surface area (Å²) in [5.74, 6) is -8.77. The first-order valence-electron chi connectivity index (χ1n) is 26.4. The second-order valence-electron chi connectivity index (χ2n) is 21.0. The standard InChI is InChI=1S/C54H85N11O14.CH4/c1-11-32(6)41(63-45(70)36(23-18-24-57-52(55)56)60-46(71)37(25-30(2)3)61-50(75)43(44(69)31(4)5)65-53(77)79-54(8,9)10)49(74)64-42(33(7)67)48(73)58-27-40(68)59-38(26-34-19-14-12-15-20-34)47(72)62-39(28-66)51(76)78-29-35-21-16-13-17-22-35;/h12-17,19-22,30-33,36-39,41-44,66-67,69H,11,18,23-29H2,1-10H3,(H,58,73)(H,59,68)(H,60,71)(H,61,75)(H,62,72)(H,63,70)(H,64,74)(H,65,77)(H4,55,56,57);1H4/t32-,33-,36+,37-,38-,39-,41-,42-,43-,44+;/m0./s1. The Bertz CT molecular complexity index is 2330. The molecule has 0 bridgehead atoms. The summed E-state index contributed by atoms with van der Waals surface area (Å²) in [6, 6.07) is 7.12. The largest absolute Gasteiger partial charge is 0.459 e. The quantitative estimate of drug-likeness (QED) is 0.0199. The minimum atomic E-state index is -1.70. The number of aliphatic hydroxyl groups is 3. The average molecular weight is 1130 g/mol. The number of hydrogen-bond donors (Lipinski definition) is 13. The van der Waals surface area contributed by atoms with Crippen LogP contribution in [0.4, 0.5) is 4.79 Å². The summed E-state index contributed by atoms with van der Waals surface area (Å²) in [5.41, 5.74) is 11.4. The lowest BCUT2D eigenvalue weighted by molar-refractivity contribution is -0.150. The van der Waals surface area contributed by atoms with E-state index >= 15 is 0 Å². The van der Waals surface area contributed by atoms with Crippen molar-refractivity contribution in [2.24, 2.45) is 34.2 Å². The van der Waals surface area contributed by atoms with Crippen molar-refractivity contribution in [3.63, 3.8) is 0 Å².